The van der Waals surface area contributed by atoms with E-state index < -0.39 is 17.6 Å². The van der Waals surface area contributed by atoms with Crippen LogP contribution in [0.15, 0.2) is 36.4 Å². The van der Waals surface area contributed by atoms with Crippen LogP contribution in [0.1, 0.15) is 16.7 Å². The summed E-state index contributed by atoms with van der Waals surface area (Å²) in [5.41, 5.74) is -0.237. The summed E-state index contributed by atoms with van der Waals surface area (Å²) in [6.07, 6.45) is -4.64. The van der Waals surface area contributed by atoms with Gasteiger partial charge in [-0.3, -0.25) is 0 Å². The van der Waals surface area contributed by atoms with Gasteiger partial charge in [-0.15, -0.1) is 0 Å². The van der Waals surface area contributed by atoms with Crippen molar-refractivity contribution < 1.29 is 17.6 Å². The highest BCUT2D eigenvalue weighted by Crippen LogP contribution is 2.33. The second-order valence-electron chi connectivity index (χ2n) is 4.93. The minimum absolute atomic E-state index is 0.0538. The van der Waals surface area contributed by atoms with E-state index in [-0.39, 0.29) is 22.7 Å². The van der Waals surface area contributed by atoms with Crippen LogP contribution in [0, 0.1) is 17.1 Å². The van der Waals surface area contributed by atoms with Gasteiger partial charge >= 0.3 is 6.18 Å². The van der Waals surface area contributed by atoms with Crippen LogP contribution >= 0.6 is 11.6 Å². The SMILES string of the molecule is CN(Cc1ccc(F)cc1C(F)(F)F)c1ccc(C#N)c(Cl)c1. The summed E-state index contributed by atoms with van der Waals surface area (Å²) in [4.78, 5) is 1.54. The van der Waals surface area contributed by atoms with E-state index in [1.807, 2.05) is 6.07 Å². The Labute approximate surface area is 135 Å². The van der Waals surface area contributed by atoms with E-state index >= 15 is 0 Å². The fourth-order valence-electron chi connectivity index (χ4n) is 2.13. The first-order valence-corrected chi connectivity index (χ1v) is 6.86. The maximum Gasteiger partial charge on any atom is 0.416 e. The zero-order chi connectivity index (χ0) is 17.2. The number of benzene rings is 2. The lowest BCUT2D eigenvalue weighted by molar-refractivity contribution is -0.138. The van der Waals surface area contributed by atoms with Gasteiger partial charge in [0.1, 0.15) is 11.9 Å². The highest BCUT2D eigenvalue weighted by atomic mass is 35.5. The van der Waals surface area contributed by atoms with Gasteiger partial charge in [-0.05, 0) is 35.9 Å². The minimum Gasteiger partial charge on any atom is -0.370 e. The second-order valence-corrected chi connectivity index (χ2v) is 5.34. The Morgan fingerprint density at radius 3 is 2.43 bits per heavy atom. The molecular formula is C16H11ClF4N2. The molecule has 0 aromatic heterocycles. The molecule has 0 N–H and O–H groups in total. The Balaban J connectivity index is 2.32. The molecule has 0 amide bonds. The first kappa shape index (κ1) is 17.1. The molecule has 2 nitrogen and oxygen atoms in total. The van der Waals surface area contributed by atoms with Gasteiger partial charge in [0.25, 0.3) is 0 Å². The summed E-state index contributed by atoms with van der Waals surface area (Å²) in [5, 5.41) is 9.04. The molecule has 0 aliphatic carbocycles. The third-order valence-corrected chi connectivity index (χ3v) is 3.61. The number of alkyl halides is 3. The highest BCUT2D eigenvalue weighted by molar-refractivity contribution is 6.32. The van der Waals surface area contributed by atoms with Crippen LogP contribution in [0.5, 0.6) is 0 Å². The fourth-order valence-corrected chi connectivity index (χ4v) is 2.35. The quantitative estimate of drug-likeness (QED) is 0.733. The van der Waals surface area contributed by atoms with Crippen molar-refractivity contribution in [2.75, 3.05) is 11.9 Å². The first-order valence-electron chi connectivity index (χ1n) is 6.49. The molecule has 0 atom stereocenters. The van der Waals surface area contributed by atoms with Crippen molar-refractivity contribution in [3.8, 4) is 6.07 Å². The van der Waals surface area contributed by atoms with Crippen molar-refractivity contribution in [3.05, 3.63) is 63.9 Å². The zero-order valence-corrected chi connectivity index (χ0v) is 12.7. The Morgan fingerprint density at radius 1 is 1.17 bits per heavy atom. The van der Waals surface area contributed by atoms with Crippen LogP contribution in [-0.2, 0) is 12.7 Å². The number of rotatable bonds is 3. The van der Waals surface area contributed by atoms with E-state index in [1.165, 1.54) is 17.0 Å². The molecule has 120 valence electrons. The smallest absolute Gasteiger partial charge is 0.370 e. The van der Waals surface area contributed by atoms with Gasteiger partial charge in [0.05, 0.1) is 16.1 Å². The molecule has 0 aliphatic heterocycles. The molecule has 0 saturated carbocycles. The summed E-state index contributed by atoms with van der Waals surface area (Å²) < 4.78 is 52.1. The molecule has 0 radical (unpaired) electrons. The average Bonchev–Trinajstić information content (AvgIpc) is 2.47. The number of anilines is 1. The van der Waals surface area contributed by atoms with Crippen molar-refractivity contribution >= 4 is 17.3 Å². The standard InChI is InChI=1S/C16H11ClF4N2/c1-23(13-5-3-10(8-22)15(17)7-13)9-11-2-4-12(18)6-14(11)16(19,20)21/h2-7H,9H2,1H3. The minimum atomic E-state index is -4.64. The summed E-state index contributed by atoms with van der Waals surface area (Å²) in [6, 6.07) is 9.06. The van der Waals surface area contributed by atoms with Crippen LogP contribution in [-0.4, -0.2) is 7.05 Å². The van der Waals surface area contributed by atoms with Crippen LogP contribution in [0.25, 0.3) is 0 Å². The van der Waals surface area contributed by atoms with Gasteiger partial charge in [-0.1, -0.05) is 17.7 Å². The van der Waals surface area contributed by atoms with E-state index in [4.69, 9.17) is 16.9 Å². The average molecular weight is 343 g/mol. The molecule has 0 fully saturated rings. The van der Waals surface area contributed by atoms with E-state index in [1.54, 1.807) is 13.1 Å². The van der Waals surface area contributed by atoms with Crippen LogP contribution in [0.3, 0.4) is 0 Å². The number of halogens is 5. The van der Waals surface area contributed by atoms with Gasteiger partial charge in [0.2, 0.25) is 0 Å². The lowest BCUT2D eigenvalue weighted by Crippen LogP contribution is -2.20. The van der Waals surface area contributed by atoms with E-state index in [9.17, 15) is 17.6 Å². The normalized spacial score (nSPS) is 11.2. The number of nitriles is 1. The van der Waals surface area contributed by atoms with Gasteiger partial charge in [0, 0.05) is 19.3 Å². The first-order chi connectivity index (χ1) is 10.7. The van der Waals surface area contributed by atoms with Crippen molar-refractivity contribution in [2.24, 2.45) is 0 Å². The molecule has 0 unspecified atom stereocenters. The van der Waals surface area contributed by atoms with Gasteiger partial charge in [0.15, 0.2) is 0 Å². The molecule has 2 aromatic rings. The summed E-state index contributed by atoms with van der Waals surface area (Å²) in [7, 11) is 1.58. The molecule has 0 spiro atoms. The molecular weight excluding hydrogens is 332 g/mol. The number of nitrogens with zero attached hydrogens (tertiary/aromatic N) is 2. The Kier molecular flexibility index (Phi) is 4.81. The number of hydrogen-bond acceptors (Lipinski definition) is 2. The van der Waals surface area contributed by atoms with Crippen molar-refractivity contribution in [2.45, 2.75) is 12.7 Å². The van der Waals surface area contributed by atoms with Crippen LogP contribution in [0.4, 0.5) is 23.2 Å². The van der Waals surface area contributed by atoms with Crippen LogP contribution < -0.4 is 4.90 Å². The molecule has 0 saturated heterocycles. The summed E-state index contributed by atoms with van der Waals surface area (Å²) >= 11 is 5.92. The molecule has 0 heterocycles. The monoisotopic (exact) mass is 342 g/mol. The second kappa shape index (κ2) is 6.47. The third kappa shape index (κ3) is 3.93. The zero-order valence-electron chi connectivity index (χ0n) is 12.0. The maximum absolute atomic E-state index is 13.1. The van der Waals surface area contributed by atoms with Gasteiger partial charge < -0.3 is 4.90 Å². The lowest BCUT2D eigenvalue weighted by atomic mass is 10.1. The molecule has 0 bridgehead atoms. The predicted molar refractivity (Wildman–Crippen MR) is 79.7 cm³/mol. The van der Waals surface area contributed by atoms with Crippen molar-refractivity contribution in [1.82, 2.24) is 0 Å². The molecule has 7 heteroatoms. The molecule has 23 heavy (non-hydrogen) atoms. The van der Waals surface area contributed by atoms with E-state index in [0.717, 1.165) is 12.1 Å². The predicted octanol–water partition coefficient (Wildman–Crippen LogP) is 5.01. The molecule has 0 aliphatic rings. The lowest BCUT2D eigenvalue weighted by Gasteiger charge is -2.22. The third-order valence-electron chi connectivity index (χ3n) is 3.30. The Morgan fingerprint density at radius 2 is 1.87 bits per heavy atom. The van der Waals surface area contributed by atoms with Crippen molar-refractivity contribution in [1.29, 1.82) is 5.26 Å². The van der Waals surface area contributed by atoms with E-state index in [0.29, 0.717) is 11.8 Å². The summed E-state index contributed by atoms with van der Waals surface area (Å²) in [5.74, 6) is -0.940. The fraction of sp³-hybridized carbons (Fsp3) is 0.188. The maximum atomic E-state index is 13.1. The van der Waals surface area contributed by atoms with E-state index in [2.05, 4.69) is 0 Å². The van der Waals surface area contributed by atoms with Crippen molar-refractivity contribution in [3.63, 3.8) is 0 Å². The van der Waals surface area contributed by atoms with Gasteiger partial charge in [-0.2, -0.15) is 18.4 Å². The summed E-state index contributed by atoms with van der Waals surface area (Å²) in [6.45, 7) is -0.0860. The molecule has 2 aromatic carbocycles. The van der Waals surface area contributed by atoms with Crippen LogP contribution in [0.2, 0.25) is 5.02 Å². The highest BCUT2D eigenvalue weighted by Gasteiger charge is 2.33. The topological polar surface area (TPSA) is 27.0 Å². The Bertz CT molecular complexity index is 766. The largest absolute Gasteiger partial charge is 0.416 e. The Hall–Kier alpha value is -2.26. The van der Waals surface area contributed by atoms with Gasteiger partial charge in [-0.25, -0.2) is 4.39 Å². The number of hydrogen-bond donors (Lipinski definition) is 0. The molecule has 2 rings (SSSR count).